The van der Waals surface area contributed by atoms with Crippen LogP contribution in [0.2, 0.25) is 10.0 Å². The van der Waals surface area contributed by atoms with Gasteiger partial charge in [0.1, 0.15) is 11.5 Å². The number of carbonyl (C=O) groups excluding carboxylic acids is 1. The second kappa shape index (κ2) is 10.6. The van der Waals surface area contributed by atoms with Crippen LogP contribution >= 0.6 is 23.2 Å². The summed E-state index contributed by atoms with van der Waals surface area (Å²) in [6.07, 6.45) is -2.09. The predicted molar refractivity (Wildman–Crippen MR) is 120 cm³/mol. The van der Waals surface area contributed by atoms with E-state index in [1.54, 1.807) is 24.3 Å². The van der Waals surface area contributed by atoms with Crippen LogP contribution in [0.4, 0.5) is 4.39 Å². The zero-order valence-corrected chi connectivity index (χ0v) is 18.8. The molecule has 0 aliphatic rings. The Balaban J connectivity index is 1.87. The third kappa shape index (κ3) is 6.10. The van der Waals surface area contributed by atoms with E-state index in [4.69, 9.17) is 23.2 Å². The molecule has 0 saturated heterocycles. The second-order valence-electron chi connectivity index (χ2n) is 7.31. The first-order chi connectivity index (χ1) is 16.0. The normalized spacial score (nSPS) is 12.7. The lowest BCUT2D eigenvalue weighted by molar-refractivity contribution is -0.148. The minimum absolute atomic E-state index is 0.0991. The van der Waals surface area contributed by atoms with Crippen LogP contribution in [-0.4, -0.2) is 55.1 Å². The van der Waals surface area contributed by atoms with Crippen molar-refractivity contribution < 1.29 is 34.1 Å². The number of aromatic carboxylic acids is 1. The molecule has 1 heterocycles. The topological polar surface area (TPSA) is 142 Å². The Kier molecular flexibility index (Phi) is 7.87. The smallest absolute Gasteiger partial charge is 0.354 e. The van der Waals surface area contributed by atoms with Gasteiger partial charge in [-0.1, -0.05) is 41.4 Å². The molecule has 12 heteroatoms. The molecule has 4 N–H and O–H groups in total. The molecule has 0 unspecified atom stereocenters. The Morgan fingerprint density at radius 3 is 2.41 bits per heavy atom. The van der Waals surface area contributed by atoms with Gasteiger partial charge in [-0.2, -0.15) is 5.10 Å². The number of halogens is 3. The molecule has 2 atom stereocenters. The summed E-state index contributed by atoms with van der Waals surface area (Å²) in [6.45, 7) is -0.201. The van der Waals surface area contributed by atoms with Crippen molar-refractivity contribution in [2.45, 2.75) is 25.1 Å². The van der Waals surface area contributed by atoms with E-state index in [0.717, 1.165) is 22.9 Å². The highest BCUT2D eigenvalue weighted by molar-refractivity contribution is 6.31. The third-order valence-corrected chi connectivity index (χ3v) is 5.42. The van der Waals surface area contributed by atoms with Gasteiger partial charge in [-0.05, 0) is 41.8 Å². The number of carbonyl (C=O) groups is 3. The molecular formula is C22H18Cl2FN3O6. The van der Waals surface area contributed by atoms with Crippen LogP contribution in [-0.2, 0) is 17.8 Å². The maximum Gasteiger partial charge on any atom is 0.354 e. The Hall–Kier alpha value is -3.47. The lowest BCUT2D eigenvalue weighted by Gasteiger charge is -2.21. The molecule has 0 aliphatic carbocycles. The van der Waals surface area contributed by atoms with E-state index in [2.05, 4.69) is 10.4 Å². The number of hydrogen-bond donors (Lipinski definition) is 4. The SMILES string of the molecule is O=C(N[C@H](Cc1ccccc1Cl)[C@@H](O)C(=O)O)c1cc(C(=O)O)n(Cc2cc(F)cc(Cl)c2)n1. The summed E-state index contributed by atoms with van der Waals surface area (Å²) >= 11 is 11.9. The fraction of sp³-hybridized carbons (Fsp3) is 0.182. The Bertz CT molecular complexity index is 1230. The molecule has 9 nitrogen and oxygen atoms in total. The molecule has 0 saturated carbocycles. The Labute approximate surface area is 202 Å². The van der Waals surface area contributed by atoms with E-state index >= 15 is 0 Å². The molecule has 0 aliphatic heterocycles. The number of rotatable bonds is 9. The van der Waals surface area contributed by atoms with E-state index in [1.165, 1.54) is 6.07 Å². The molecular weight excluding hydrogens is 492 g/mol. The van der Waals surface area contributed by atoms with E-state index < -0.39 is 35.8 Å². The molecule has 0 fully saturated rings. The number of carboxylic acids is 2. The lowest BCUT2D eigenvalue weighted by Crippen LogP contribution is -2.48. The van der Waals surface area contributed by atoms with E-state index in [-0.39, 0.29) is 29.4 Å². The van der Waals surface area contributed by atoms with Crippen molar-refractivity contribution in [3.8, 4) is 0 Å². The van der Waals surface area contributed by atoms with Gasteiger partial charge in [0.25, 0.3) is 5.91 Å². The molecule has 178 valence electrons. The first kappa shape index (κ1) is 25.2. The number of aliphatic hydroxyl groups is 1. The molecule has 0 radical (unpaired) electrons. The van der Waals surface area contributed by atoms with Crippen LogP contribution in [0.3, 0.4) is 0 Å². The summed E-state index contributed by atoms with van der Waals surface area (Å²) < 4.78 is 14.6. The van der Waals surface area contributed by atoms with Crippen molar-refractivity contribution in [3.05, 3.63) is 86.9 Å². The van der Waals surface area contributed by atoms with E-state index in [9.17, 15) is 34.1 Å². The maximum absolute atomic E-state index is 13.6. The van der Waals surface area contributed by atoms with Gasteiger partial charge in [0.05, 0.1) is 12.6 Å². The molecule has 3 rings (SSSR count). The van der Waals surface area contributed by atoms with Crippen LogP contribution in [0, 0.1) is 5.82 Å². The van der Waals surface area contributed by atoms with Crippen molar-refractivity contribution in [2.75, 3.05) is 0 Å². The molecule has 3 aromatic rings. The van der Waals surface area contributed by atoms with Crippen molar-refractivity contribution in [1.29, 1.82) is 0 Å². The second-order valence-corrected chi connectivity index (χ2v) is 8.16. The van der Waals surface area contributed by atoms with Gasteiger partial charge in [0.2, 0.25) is 0 Å². The van der Waals surface area contributed by atoms with Gasteiger partial charge in [0, 0.05) is 16.1 Å². The van der Waals surface area contributed by atoms with Crippen LogP contribution in [0.25, 0.3) is 0 Å². The third-order valence-electron chi connectivity index (χ3n) is 4.83. The first-order valence-electron chi connectivity index (χ1n) is 9.76. The van der Waals surface area contributed by atoms with Gasteiger partial charge in [-0.25, -0.2) is 14.0 Å². The van der Waals surface area contributed by atoms with Crippen LogP contribution < -0.4 is 5.32 Å². The minimum atomic E-state index is -1.98. The zero-order valence-electron chi connectivity index (χ0n) is 17.3. The fourth-order valence-corrected chi connectivity index (χ4v) is 3.71. The monoisotopic (exact) mass is 509 g/mol. The number of carboxylic acid groups (broad SMARTS) is 2. The molecule has 34 heavy (non-hydrogen) atoms. The highest BCUT2D eigenvalue weighted by Crippen LogP contribution is 2.19. The number of aliphatic carboxylic acids is 1. The van der Waals surface area contributed by atoms with Crippen molar-refractivity contribution in [2.24, 2.45) is 0 Å². The summed E-state index contributed by atoms with van der Waals surface area (Å²) in [4.78, 5) is 35.8. The maximum atomic E-state index is 13.6. The van der Waals surface area contributed by atoms with E-state index in [0.29, 0.717) is 16.1 Å². The van der Waals surface area contributed by atoms with Crippen molar-refractivity contribution >= 4 is 41.0 Å². The van der Waals surface area contributed by atoms with Gasteiger partial charge >= 0.3 is 11.9 Å². The highest BCUT2D eigenvalue weighted by Gasteiger charge is 2.30. The predicted octanol–water partition coefficient (Wildman–Crippen LogP) is 2.86. The van der Waals surface area contributed by atoms with Crippen molar-refractivity contribution in [1.82, 2.24) is 15.1 Å². The molecule has 0 spiro atoms. The Morgan fingerprint density at radius 1 is 1.09 bits per heavy atom. The number of nitrogens with zero attached hydrogens (tertiary/aromatic N) is 2. The summed E-state index contributed by atoms with van der Waals surface area (Å²) in [7, 11) is 0. The first-order valence-corrected chi connectivity index (χ1v) is 10.5. The molecule has 0 bridgehead atoms. The molecule has 2 aromatic carbocycles. The average molecular weight is 510 g/mol. The summed E-state index contributed by atoms with van der Waals surface area (Å²) in [5.41, 5.74) is 0.0728. The fourth-order valence-electron chi connectivity index (χ4n) is 3.25. The largest absolute Gasteiger partial charge is 0.479 e. The summed E-state index contributed by atoms with van der Waals surface area (Å²) in [6, 6.07) is 9.83. The van der Waals surface area contributed by atoms with Crippen molar-refractivity contribution in [3.63, 3.8) is 0 Å². The summed E-state index contributed by atoms with van der Waals surface area (Å²) in [5, 5.41) is 35.6. The zero-order chi connectivity index (χ0) is 25.0. The Morgan fingerprint density at radius 2 is 1.79 bits per heavy atom. The quantitative estimate of drug-likeness (QED) is 0.347. The number of nitrogens with one attached hydrogen (secondary N) is 1. The standard InChI is InChI=1S/C22H18Cl2FN3O6/c23-13-5-11(6-14(25)8-13)10-28-18(21(31)32)9-17(27-28)20(30)26-16(19(29)22(33)34)7-12-3-1-2-4-15(12)24/h1-6,8-9,16,19,29H,7,10H2,(H,26,30)(H,31,32)(H,33,34)/t16-,19-/m1/s1. The number of hydrogen-bond acceptors (Lipinski definition) is 5. The van der Waals surface area contributed by atoms with Gasteiger partial charge < -0.3 is 20.6 Å². The highest BCUT2D eigenvalue weighted by atomic mass is 35.5. The number of amides is 1. The number of benzene rings is 2. The lowest BCUT2D eigenvalue weighted by atomic mass is 10.0. The van der Waals surface area contributed by atoms with Gasteiger partial charge in [0.15, 0.2) is 11.8 Å². The molecule has 1 amide bonds. The van der Waals surface area contributed by atoms with E-state index in [1.807, 2.05) is 0 Å². The minimum Gasteiger partial charge on any atom is -0.479 e. The van der Waals surface area contributed by atoms with Crippen LogP contribution in [0.1, 0.15) is 32.1 Å². The number of aromatic nitrogens is 2. The number of aliphatic hydroxyl groups excluding tert-OH is 1. The average Bonchev–Trinajstić information content (AvgIpc) is 3.17. The molecule has 1 aromatic heterocycles. The summed E-state index contributed by atoms with van der Waals surface area (Å²) in [5.74, 6) is -4.52. The van der Waals surface area contributed by atoms with Crippen LogP contribution in [0.15, 0.2) is 48.5 Å². The van der Waals surface area contributed by atoms with Crippen LogP contribution in [0.5, 0.6) is 0 Å². The van der Waals surface area contributed by atoms with Gasteiger partial charge in [-0.3, -0.25) is 9.48 Å². The van der Waals surface area contributed by atoms with Gasteiger partial charge in [-0.15, -0.1) is 0 Å².